The number of rotatable bonds is 2. The summed E-state index contributed by atoms with van der Waals surface area (Å²) in [5.74, 6) is 0.954. The molecule has 1 atom stereocenters. The summed E-state index contributed by atoms with van der Waals surface area (Å²) in [5, 5.41) is 12.2. The topological polar surface area (TPSA) is 41.0 Å². The SMILES string of the molecule is CC1CNCCN1c1ccc(-c2ccccc2Br)nn1. The van der Waals surface area contributed by atoms with E-state index < -0.39 is 0 Å². The third-order valence-corrected chi connectivity index (χ3v) is 4.29. The molecule has 1 aromatic heterocycles. The van der Waals surface area contributed by atoms with E-state index in [1.165, 1.54) is 0 Å². The van der Waals surface area contributed by atoms with Gasteiger partial charge >= 0.3 is 0 Å². The molecule has 2 heterocycles. The van der Waals surface area contributed by atoms with E-state index in [1.807, 2.05) is 30.3 Å². The molecule has 0 radical (unpaired) electrons. The second-order valence-corrected chi connectivity index (χ2v) is 5.86. The lowest BCUT2D eigenvalue weighted by Crippen LogP contribution is -2.50. The Kier molecular flexibility index (Phi) is 3.98. The van der Waals surface area contributed by atoms with E-state index in [0.29, 0.717) is 6.04 Å². The number of anilines is 1. The fourth-order valence-electron chi connectivity index (χ4n) is 2.47. The standard InChI is InChI=1S/C15H17BrN4/c1-11-10-17-8-9-20(11)15-7-6-14(18-19-15)12-4-2-3-5-13(12)16/h2-7,11,17H,8-10H2,1H3. The van der Waals surface area contributed by atoms with E-state index in [4.69, 9.17) is 0 Å². The van der Waals surface area contributed by atoms with Crippen LogP contribution in [0.15, 0.2) is 40.9 Å². The van der Waals surface area contributed by atoms with Gasteiger partial charge in [0, 0.05) is 35.7 Å². The van der Waals surface area contributed by atoms with Gasteiger partial charge in [0.15, 0.2) is 5.82 Å². The van der Waals surface area contributed by atoms with Crippen LogP contribution in [0.4, 0.5) is 5.82 Å². The molecule has 4 nitrogen and oxygen atoms in total. The molecule has 5 heteroatoms. The summed E-state index contributed by atoms with van der Waals surface area (Å²) in [6.07, 6.45) is 0. The number of benzene rings is 1. The van der Waals surface area contributed by atoms with Crippen molar-refractivity contribution in [1.82, 2.24) is 15.5 Å². The monoisotopic (exact) mass is 332 g/mol. The van der Waals surface area contributed by atoms with Crippen LogP contribution in [0, 0.1) is 0 Å². The number of halogens is 1. The molecule has 0 bridgehead atoms. The Morgan fingerprint density at radius 3 is 2.75 bits per heavy atom. The van der Waals surface area contributed by atoms with Crippen LogP contribution in [0.25, 0.3) is 11.3 Å². The normalized spacial score (nSPS) is 19.1. The highest BCUT2D eigenvalue weighted by atomic mass is 79.9. The molecule has 1 aromatic carbocycles. The maximum absolute atomic E-state index is 4.40. The van der Waals surface area contributed by atoms with Crippen molar-refractivity contribution in [3.63, 3.8) is 0 Å². The first-order chi connectivity index (χ1) is 9.75. The van der Waals surface area contributed by atoms with Crippen molar-refractivity contribution in [2.45, 2.75) is 13.0 Å². The van der Waals surface area contributed by atoms with Crippen molar-refractivity contribution in [2.75, 3.05) is 24.5 Å². The minimum atomic E-state index is 0.451. The quantitative estimate of drug-likeness (QED) is 0.918. The summed E-state index contributed by atoms with van der Waals surface area (Å²) in [4.78, 5) is 2.30. The van der Waals surface area contributed by atoms with E-state index in [2.05, 4.69) is 49.3 Å². The van der Waals surface area contributed by atoms with Gasteiger partial charge in [0.05, 0.1) is 5.69 Å². The molecule has 3 rings (SSSR count). The van der Waals surface area contributed by atoms with E-state index >= 15 is 0 Å². The minimum Gasteiger partial charge on any atom is -0.350 e. The zero-order chi connectivity index (χ0) is 13.9. The Morgan fingerprint density at radius 2 is 2.05 bits per heavy atom. The van der Waals surface area contributed by atoms with Gasteiger partial charge in [0.1, 0.15) is 0 Å². The molecular formula is C15H17BrN4. The number of nitrogens with one attached hydrogen (secondary N) is 1. The number of hydrogen-bond donors (Lipinski definition) is 1. The van der Waals surface area contributed by atoms with E-state index in [1.54, 1.807) is 0 Å². The van der Waals surface area contributed by atoms with Crippen LogP contribution in [-0.2, 0) is 0 Å². The highest BCUT2D eigenvalue weighted by Crippen LogP contribution is 2.26. The summed E-state index contributed by atoms with van der Waals surface area (Å²) in [6, 6.07) is 12.6. The molecule has 0 amide bonds. The predicted molar refractivity (Wildman–Crippen MR) is 84.8 cm³/mol. The summed E-state index contributed by atoms with van der Waals surface area (Å²) in [6.45, 7) is 5.17. The molecule has 1 aliphatic heterocycles. The zero-order valence-corrected chi connectivity index (χ0v) is 13.0. The molecule has 0 aliphatic carbocycles. The second kappa shape index (κ2) is 5.89. The van der Waals surface area contributed by atoms with Gasteiger partial charge in [-0.2, -0.15) is 0 Å². The molecule has 0 spiro atoms. The minimum absolute atomic E-state index is 0.451. The van der Waals surface area contributed by atoms with Crippen molar-refractivity contribution in [3.8, 4) is 11.3 Å². The van der Waals surface area contributed by atoms with Crippen LogP contribution in [0.2, 0.25) is 0 Å². The molecule has 1 aliphatic rings. The summed E-state index contributed by atoms with van der Waals surface area (Å²) < 4.78 is 1.04. The lowest BCUT2D eigenvalue weighted by Gasteiger charge is -2.34. The molecule has 1 saturated heterocycles. The van der Waals surface area contributed by atoms with Crippen LogP contribution in [0.1, 0.15) is 6.92 Å². The average molecular weight is 333 g/mol. The van der Waals surface area contributed by atoms with Gasteiger partial charge in [-0.25, -0.2) is 0 Å². The van der Waals surface area contributed by atoms with Gasteiger partial charge in [-0.05, 0) is 25.1 Å². The molecule has 2 aromatic rings. The van der Waals surface area contributed by atoms with Gasteiger partial charge in [0.25, 0.3) is 0 Å². The van der Waals surface area contributed by atoms with Gasteiger partial charge in [-0.1, -0.05) is 34.1 Å². The Balaban J connectivity index is 1.86. The predicted octanol–water partition coefficient (Wildman–Crippen LogP) is 2.70. The van der Waals surface area contributed by atoms with Crippen LogP contribution in [0.5, 0.6) is 0 Å². The number of piperazine rings is 1. The van der Waals surface area contributed by atoms with E-state index in [0.717, 1.165) is 41.2 Å². The third kappa shape index (κ3) is 2.69. The van der Waals surface area contributed by atoms with Crippen molar-refractivity contribution >= 4 is 21.7 Å². The van der Waals surface area contributed by atoms with Crippen LogP contribution in [0.3, 0.4) is 0 Å². The smallest absolute Gasteiger partial charge is 0.151 e. The number of aromatic nitrogens is 2. The highest BCUT2D eigenvalue weighted by Gasteiger charge is 2.19. The van der Waals surface area contributed by atoms with Gasteiger partial charge in [-0.3, -0.25) is 0 Å². The Hall–Kier alpha value is -1.46. The zero-order valence-electron chi connectivity index (χ0n) is 11.4. The van der Waals surface area contributed by atoms with Gasteiger partial charge in [-0.15, -0.1) is 10.2 Å². The Morgan fingerprint density at radius 1 is 1.20 bits per heavy atom. The summed E-state index contributed by atoms with van der Waals surface area (Å²) in [5.41, 5.74) is 1.96. The fraction of sp³-hybridized carbons (Fsp3) is 0.333. The molecular weight excluding hydrogens is 316 g/mol. The van der Waals surface area contributed by atoms with E-state index in [-0.39, 0.29) is 0 Å². The third-order valence-electron chi connectivity index (χ3n) is 3.60. The molecule has 20 heavy (non-hydrogen) atoms. The largest absolute Gasteiger partial charge is 0.350 e. The van der Waals surface area contributed by atoms with Crippen molar-refractivity contribution < 1.29 is 0 Å². The number of hydrogen-bond acceptors (Lipinski definition) is 4. The summed E-state index contributed by atoms with van der Waals surface area (Å²) >= 11 is 3.55. The molecule has 1 unspecified atom stereocenters. The lowest BCUT2D eigenvalue weighted by molar-refractivity contribution is 0.495. The lowest BCUT2D eigenvalue weighted by atomic mass is 10.1. The van der Waals surface area contributed by atoms with Gasteiger partial charge < -0.3 is 10.2 Å². The average Bonchev–Trinajstić information content (AvgIpc) is 2.49. The van der Waals surface area contributed by atoms with Crippen LogP contribution < -0.4 is 10.2 Å². The highest BCUT2D eigenvalue weighted by molar-refractivity contribution is 9.10. The van der Waals surface area contributed by atoms with Crippen LogP contribution >= 0.6 is 15.9 Å². The molecule has 0 saturated carbocycles. The second-order valence-electron chi connectivity index (χ2n) is 5.00. The van der Waals surface area contributed by atoms with Crippen molar-refractivity contribution in [3.05, 3.63) is 40.9 Å². The molecule has 1 fully saturated rings. The van der Waals surface area contributed by atoms with Crippen molar-refractivity contribution in [2.24, 2.45) is 0 Å². The van der Waals surface area contributed by atoms with Crippen LogP contribution in [-0.4, -0.2) is 35.9 Å². The Bertz CT molecular complexity index is 585. The summed E-state index contributed by atoms with van der Waals surface area (Å²) in [7, 11) is 0. The van der Waals surface area contributed by atoms with Crippen molar-refractivity contribution in [1.29, 1.82) is 0 Å². The first-order valence-electron chi connectivity index (χ1n) is 6.81. The maximum Gasteiger partial charge on any atom is 0.151 e. The first kappa shape index (κ1) is 13.5. The number of nitrogens with zero attached hydrogens (tertiary/aromatic N) is 3. The fourth-order valence-corrected chi connectivity index (χ4v) is 2.96. The molecule has 104 valence electrons. The first-order valence-corrected chi connectivity index (χ1v) is 7.61. The molecule has 1 N–H and O–H groups in total. The van der Waals surface area contributed by atoms with Gasteiger partial charge in [0.2, 0.25) is 0 Å². The Labute approximate surface area is 127 Å². The van der Waals surface area contributed by atoms with E-state index in [9.17, 15) is 0 Å². The maximum atomic E-state index is 4.40.